The molecule has 0 atom stereocenters. The Kier molecular flexibility index (Phi) is 4.50. The molecule has 0 bridgehead atoms. The highest BCUT2D eigenvalue weighted by atomic mass is 32.2. The lowest BCUT2D eigenvalue weighted by molar-refractivity contribution is -0.141. The molecule has 1 aromatic carbocycles. The second-order valence-electron chi connectivity index (χ2n) is 4.81. The predicted octanol–water partition coefficient (Wildman–Crippen LogP) is 3.87. The second kappa shape index (κ2) is 6.44. The summed E-state index contributed by atoms with van der Waals surface area (Å²) >= 11 is 3.04. The summed E-state index contributed by atoms with van der Waals surface area (Å²) in [6.07, 6.45) is -1.47. The summed E-state index contributed by atoms with van der Waals surface area (Å²) < 4.78 is 40.2. The van der Waals surface area contributed by atoms with Gasteiger partial charge in [0.05, 0.1) is 10.2 Å². The van der Waals surface area contributed by atoms with Gasteiger partial charge in [-0.25, -0.2) is 4.98 Å². The fourth-order valence-electron chi connectivity index (χ4n) is 2.02. The van der Waals surface area contributed by atoms with Gasteiger partial charge < -0.3 is 5.32 Å². The first-order chi connectivity index (χ1) is 11.3. The lowest BCUT2D eigenvalue weighted by Gasteiger charge is -2.06. The first-order valence-corrected chi connectivity index (χ1v) is 8.74. The van der Waals surface area contributed by atoms with Crippen molar-refractivity contribution in [2.75, 3.05) is 11.6 Å². The van der Waals surface area contributed by atoms with E-state index in [1.54, 1.807) is 18.2 Å². The summed E-state index contributed by atoms with van der Waals surface area (Å²) in [7, 11) is 0. The number of carbonyl (C=O) groups is 1. The lowest BCUT2D eigenvalue weighted by atomic mass is 10.3. The van der Waals surface area contributed by atoms with Gasteiger partial charge in [0.2, 0.25) is 5.91 Å². The van der Waals surface area contributed by atoms with Crippen LogP contribution in [0.1, 0.15) is 5.69 Å². The molecule has 3 aromatic rings. The van der Waals surface area contributed by atoms with Crippen LogP contribution in [0.25, 0.3) is 10.2 Å². The molecule has 3 rings (SSSR count). The number of fused-ring (bicyclic) bond motifs is 1. The number of hydrogen-bond donors (Lipinski definition) is 1. The minimum atomic E-state index is -4.52. The van der Waals surface area contributed by atoms with Crippen LogP contribution >= 0.6 is 23.1 Å². The molecule has 2 aromatic heterocycles. The number of nitrogens with zero attached hydrogens (tertiary/aromatic N) is 3. The number of thiazole rings is 1. The summed E-state index contributed by atoms with van der Waals surface area (Å²) in [6, 6.07) is 6.11. The molecular weight excluding hydrogens is 361 g/mol. The molecule has 24 heavy (non-hydrogen) atoms. The van der Waals surface area contributed by atoms with Crippen LogP contribution in [0.15, 0.2) is 34.8 Å². The lowest BCUT2D eigenvalue weighted by Crippen LogP contribution is -2.19. The second-order valence-corrected chi connectivity index (χ2v) is 6.89. The van der Waals surface area contributed by atoms with E-state index < -0.39 is 17.8 Å². The average molecular weight is 372 g/mol. The van der Waals surface area contributed by atoms with Crippen molar-refractivity contribution >= 4 is 44.9 Å². The number of alkyl halides is 3. The Morgan fingerprint density at radius 1 is 1.38 bits per heavy atom. The molecule has 0 radical (unpaired) electrons. The quantitative estimate of drug-likeness (QED) is 0.707. The minimum Gasteiger partial charge on any atom is -0.324 e. The van der Waals surface area contributed by atoms with Crippen molar-refractivity contribution in [3.63, 3.8) is 0 Å². The van der Waals surface area contributed by atoms with Crippen molar-refractivity contribution < 1.29 is 18.0 Å². The van der Waals surface area contributed by atoms with E-state index in [4.69, 9.17) is 0 Å². The molecule has 10 heteroatoms. The van der Waals surface area contributed by atoms with Crippen molar-refractivity contribution in [2.45, 2.75) is 17.1 Å². The van der Waals surface area contributed by atoms with E-state index in [1.165, 1.54) is 23.1 Å². The number of anilines is 1. The summed E-state index contributed by atoms with van der Waals surface area (Å²) in [5, 5.41) is 6.00. The van der Waals surface area contributed by atoms with Gasteiger partial charge in [-0.05, 0) is 30.5 Å². The molecule has 0 spiro atoms. The van der Waals surface area contributed by atoms with Crippen LogP contribution < -0.4 is 5.32 Å². The number of rotatable bonds is 4. The number of amides is 1. The van der Waals surface area contributed by atoms with Gasteiger partial charge in [0.1, 0.15) is 6.54 Å². The van der Waals surface area contributed by atoms with E-state index in [1.807, 2.05) is 6.26 Å². The fraction of sp³-hybridized carbons (Fsp3) is 0.214. The highest BCUT2D eigenvalue weighted by Crippen LogP contribution is 2.30. The molecular formula is C14H11F3N4OS2. The summed E-state index contributed by atoms with van der Waals surface area (Å²) in [5.74, 6) is -0.458. The van der Waals surface area contributed by atoms with Crippen LogP contribution in [-0.4, -0.2) is 26.9 Å². The number of hydrogen-bond acceptors (Lipinski definition) is 5. The number of nitrogens with one attached hydrogen (secondary N) is 1. The van der Waals surface area contributed by atoms with Crippen molar-refractivity contribution in [2.24, 2.45) is 0 Å². The van der Waals surface area contributed by atoms with E-state index in [0.717, 1.165) is 31.5 Å². The zero-order chi connectivity index (χ0) is 17.3. The van der Waals surface area contributed by atoms with Gasteiger partial charge in [-0.1, -0.05) is 11.8 Å². The maximum absolute atomic E-state index is 12.5. The molecule has 0 fully saturated rings. The third-order valence-electron chi connectivity index (χ3n) is 3.06. The van der Waals surface area contributed by atoms with E-state index in [9.17, 15) is 18.0 Å². The van der Waals surface area contributed by atoms with Crippen molar-refractivity contribution in [1.82, 2.24) is 14.8 Å². The van der Waals surface area contributed by atoms with Crippen molar-refractivity contribution in [3.8, 4) is 0 Å². The molecule has 0 saturated heterocycles. The third-order valence-corrected chi connectivity index (χ3v) is 5.07. The van der Waals surface area contributed by atoms with Crippen LogP contribution in [0.2, 0.25) is 0 Å². The number of thioether (sulfide) groups is 1. The topological polar surface area (TPSA) is 59.8 Å². The third kappa shape index (κ3) is 3.70. The molecule has 0 unspecified atom stereocenters. The highest BCUT2D eigenvalue weighted by molar-refractivity contribution is 8.00. The number of halogens is 3. The first-order valence-electron chi connectivity index (χ1n) is 6.70. The summed E-state index contributed by atoms with van der Waals surface area (Å²) in [4.78, 5) is 16.4. The zero-order valence-corrected chi connectivity index (χ0v) is 13.9. The number of aromatic nitrogens is 3. The smallest absolute Gasteiger partial charge is 0.324 e. The summed E-state index contributed by atoms with van der Waals surface area (Å²) in [5.41, 5.74) is 0.377. The van der Waals surface area contributed by atoms with Crippen LogP contribution in [0, 0.1) is 0 Å². The van der Waals surface area contributed by atoms with Crippen LogP contribution in [0.5, 0.6) is 0 Å². The molecule has 0 saturated carbocycles. The first kappa shape index (κ1) is 16.8. The molecule has 5 nitrogen and oxygen atoms in total. The van der Waals surface area contributed by atoms with Crippen molar-refractivity contribution in [3.05, 3.63) is 36.2 Å². The molecule has 1 amide bonds. The van der Waals surface area contributed by atoms with Crippen LogP contribution in [-0.2, 0) is 17.5 Å². The Morgan fingerprint density at radius 2 is 2.17 bits per heavy atom. The van der Waals surface area contributed by atoms with Gasteiger partial charge >= 0.3 is 6.18 Å². The predicted molar refractivity (Wildman–Crippen MR) is 87.3 cm³/mol. The van der Waals surface area contributed by atoms with Gasteiger partial charge in [-0.15, -0.1) is 11.3 Å². The monoisotopic (exact) mass is 372 g/mol. The van der Waals surface area contributed by atoms with Gasteiger partial charge in [-0.3, -0.25) is 9.48 Å². The Balaban J connectivity index is 1.69. The van der Waals surface area contributed by atoms with Crippen LogP contribution in [0.4, 0.5) is 18.9 Å². The highest BCUT2D eigenvalue weighted by Gasteiger charge is 2.33. The summed E-state index contributed by atoms with van der Waals surface area (Å²) in [6.45, 7) is -0.299. The van der Waals surface area contributed by atoms with E-state index >= 15 is 0 Å². The SMILES string of the molecule is CSc1nc2ccc(NC(=O)Cn3ccc(C(F)(F)F)n3)cc2s1. The van der Waals surface area contributed by atoms with Crippen molar-refractivity contribution in [1.29, 1.82) is 0 Å². The molecule has 126 valence electrons. The zero-order valence-electron chi connectivity index (χ0n) is 12.3. The van der Waals surface area contributed by atoms with Gasteiger partial charge in [-0.2, -0.15) is 18.3 Å². The Bertz CT molecular complexity index is 888. The Labute approximate surface area is 142 Å². The molecule has 0 aliphatic carbocycles. The standard InChI is InChI=1S/C14H11F3N4OS2/c1-23-13-19-9-3-2-8(6-10(9)24-13)18-12(22)7-21-5-4-11(20-21)14(15,16)17/h2-6H,7H2,1H3,(H,18,22). The van der Waals surface area contributed by atoms with E-state index in [2.05, 4.69) is 15.4 Å². The molecule has 0 aliphatic rings. The Morgan fingerprint density at radius 3 is 2.83 bits per heavy atom. The largest absolute Gasteiger partial charge is 0.435 e. The maximum atomic E-state index is 12.5. The molecule has 2 heterocycles. The fourth-order valence-corrected chi connectivity index (χ4v) is 3.55. The molecule has 1 N–H and O–H groups in total. The van der Waals surface area contributed by atoms with E-state index in [-0.39, 0.29) is 6.54 Å². The minimum absolute atomic E-state index is 0.299. The maximum Gasteiger partial charge on any atom is 0.435 e. The van der Waals surface area contributed by atoms with Crippen LogP contribution in [0.3, 0.4) is 0 Å². The van der Waals surface area contributed by atoms with Gasteiger partial charge in [0, 0.05) is 11.9 Å². The number of carbonyl (C=O) groups excluding carboxylic acids is 1. The normalized spacial score (nSPS) is 11.8. The average Bonchev–Trinajstić information content (AvgIpc) is 3.12. The Hall–Kier alpha value is -2.07. The van der Waals surface area contributed by atoms with Gasteiger partial charge in [0.25, 0.3) is 0 Å². The molecule has 0 aliphatic heterocycles. The van der Waals surface area contributed by atoms with Gasteiger partial charge in [0.15, 0.2) is 10.0 Å². The number of benzene rings is 1. The van der Waals surface area contributed by atoms with E-state index in [0.29, 0.717) is 5.69 Å².